The highest BCUT2D eigenvalue weighted by molar-refractivity contribution is 7.82. The van der Waals surface area contributed by atoms with Gasteiger partial charge in [0, 0.05) is 31.4 Å². The molecule has 0 spiro atoms. The molecule has 1 fully saturated rings. The molecule has 0 radical (unpaired) electrons. The number of nitrogens with zero attached hydrogens (tertiary/aromatic N) is 2. The molecule has 0 bridgehead atoms. The Hall–Kier alpha value is -2.42. The third-order valence-corrected chi connectivity index (χ3v) is 4.89. The van der Waals surface area contributed by atoms with Crippen molar-refractivity contribution in [3.63, 3.8) is 0 Å². The van der Waals surface area contributed by atoms with Crippen LogP contribution in [-0.4, -0.2) is 38.2 Å². The first-order chi connectivity index (χ1) is 13.4. The second-order valence-corrected chi connectivity index (χ2v) is 7.04. The topological polar surface area (TPSA) is 73.9 Å². The number of carbonyl (C=O) groups is 2. The lowest BCUT2D eigenvalue weighted by molar-refractivity contribution is -0.114. The van der Waals surface area contributed by atoms with E-state index in [1.807, 2.05) is 6.07 Å². The van der Waals surface area contributed by atoms with Gasteiger partial charge in [0.2, 0.25) is 5.91 Å². The fraction of sp³-hybridized carbons (Fsp3) is 0.263. The Bertz CT molecular complexity index is 857. The normalized spacial score (nSPS) is 13.8. The fourth-order valence-corrected chi connectivity index (χ4v) is 3.31. The lowest BCUT2D eigenvalue weighted by atomic mass is 10.2. The van der Waals surface area contributed by atoms with Crippen molar-refractivity contribution in [2.24, 2.45) is 0 Å². The van der Waals surface area contributed by atoms with Crippen LogP contribution in [0, 0.1) is 0 Å². The van der Waals surface area contributed by atoms with Crippen LogP contribution in [0.3, 0.4) is 0 Å². The van der Waals surface area contributed by atoms with Gasteiger partial charge in [0.15, 0.2) is 0 Å². The van der Waals surface area contributed by atoms with Crippen molar-refractivity contribution in [1.82, 2.24) is 0 Å². The first-order valence-corrected chi connectivity index (χ1v) is 9.52. The Morgan fingerprint density at radius 2 is 1.71 bits per heavy atom. The van der Waals surface area contributed by atoms with Gasteiger partial charge in [-0.3, -0.25) is 4.79 Å². The predicted octanol–water partition coefficient (Wildman–Crippen LogP) is 4.02. The molecule has 28 heavy (non-hydrogen) atoms. The molecule has 0 aliphatic carbocycles. The van der Waals surface area contributed by atoms with Crippen LogP contribution in [0.2, 0.25) is 5.02 Å². The number of ether oxygens (including phenoxy) is 1. The number of halogens is 1. The first-order valence-electron chi connectivity index (χ1n) is 8.74. The molecule has 1 saturated heterocycles. The smallest absolute Gasteiger partial charge is 0.336 e. The van der Waals surface area contributed by atoms with Crippen LogP contribution < -0.4 is 19.8 Å². The number of thiol groups is 1. The number of benzene rings is 2. The van der Waals surface area contributed by atoms with E-state index in [0.29, 0.717) is 35.3 Å². The summed E-state index contributed by atoms with van der Waals surface area (Å²) < 4.78 is 6.54. The maximum absolute atomic E-state index is 12.5. The van der Waals surface area contributed by atoms with Gasteiger partial charge >= 0.3 is 6.03 Å². The van der Waals surface area contributed by atoms with Crippen molar-refractivity contribution in [1.29, 1.82) is 0 Å². The molecule has 0 aromatic heterocycles. The molecule has 7 nitrogen and oxygen atoms in total. The number of hydrogen-bond donors (Lipinski definition) is 3. The van der Waals surface area contributed by atoms with Gasteiger partial charge in [-0.2, -0.15) is 0 Å². The van der Waals surface area contributed by atoms with Crippen molar-refractivity contribution < 1.29 is 14.3 Å². The molecule has 2 aromatic rings. The van der Waals surface area contributed by atoms with Gasteiger partial charge < -0.3 is 20.3 Å². The summed E-state index contributed by atoms with van der Waals surface area (Å²) in [6.07, 6.45) is 0. The highest BCUT2D eigenvalue weighted by atomic mass is 35.5. The quantitative estimate of drug-likeness (QED) is 0.653. The van der Waals surface area contributed by atoms with E-state index in [4.69, 9.17) is 16.3 Å². The Morgan fingerprint density at radius 1 is 1.07 bits per heavy atom. The van der Waals surface area contributed by atoms with E-state index in [1.165, 1.54) is 11.2 Å². The van der Waals surface area contributed by atoms with E-state index in [-0.39, 0.29) is 5.91 Å². The molecule has 2 N–H and O–H groups in total. The average molecular weight is 421 g/mol. The summed E-state index contributed by atoms with van der Waals surface area (Å²) >= 11 is 10.7. The molecular weight excluding hydrogens is 400 g/mol. The second-order valence-electron chi connectivity index (χ2n) is 6.24. The molecule has 148 valence electrons. The summed E-state index contributed by atoms with van der Waals surface area (Å²) in [5.41, 5.74) is 2.69. The van der Waals surface area contributed by atoms with E-state index in [1.54, 1.807) is 36.4 Å². The highest BCUT2D eigenvalue weighted by Crippen LogP contribution is 2.30. The molecule has 1 aliphatic heterocycles. The van der Waals surface area contributed by atoms with Gasteiger partial charge in [-0.05, 0) is 42.5 Å². The zero-order valence-electron chi connectivity index (χ0n) is 15.3. The first kappa shape index (κ1) is 20.3. The minimum Gasteiger partial charge on any atom is -0.378 e. The number of hydrogen-bond acceptors (Lipinski definition) is 5. The summed E-state index contributed by atoms with van der Waals surface area (Å²) in [6, 6.07) is 11.7. The number of anilines is 4. The zero-order valence-corrected chi connectivity index (χ0v) is 17.0. The van der Waals surface area contributed by atoms with E-state index in [9.17, 15) is 9.59 Å². The molecule has 1 aliphatic rings. The number of urea groups is 1. The second kappa shape index (κ2) is 9.18. The Balaban J connectivity index is 1.65. The molecular formula is C19H21ClN4O3S. The average Bonchev–Trinajstić information content (AvgIpc) is 2.68. The lowest BCUT2D eigenvalue weighted by Gasteiger charge is -2.29. The Morgan fingerprint density at radius 3 is 2.32 bits per heavy atom. The van der Waals surface area contributed by atoms with Crippen molar-refractivity contribution in [3.8, 4) is 0 Å². The summed E-state index contributed by atoms with van der Waals surface area (Å²) in [5, 5.41) is 6.00. The van der Waals surface area contributed by atoms with E-state index >= 15 is 0 Å². The predicted molar refractivity (Wildman–Crippen MR) is 116 cm³/mol. The SMILES string of the molecule is CC(=O)Nc1ccc(N(S)C(=O)Nc2ccc(N3CCOCC3)c(Cl)c2)cc1. The lowest BCUT2D eigenvalue weighted by Crippen LogP contribution is -2.36. The van der Waals surface area contributed by atoms with Crippen LogP contribution in [0.15, 0.2) is 42.5 Å². The third-order valence-electron chi connectivity index (χ3n) is 4.18. The number of nitrogens with one attached hydrogen (secondary N) is 2. The van der Waals surface area contributed by atoms with E-state index in [2.05, 4.69) is 28.3 Å². The summed E-state index contributed by atoms with van der Waals surface area (Å²) in [6.45, 7) is 4.34. The van der Waals surface area contributed by atoms with E-state index in [0.717, 1.165) is 18.8 Å². The van der Waals surface area contributed by atoms with Crippen molar-refractivity contribution >= 4 is 59.1 Å². The van der Waals surface area contributed by atoms with Gasteiger partial charge in [-0.15, -0.1) is 0 Å². The summed E-state index contributed by atoms with van der Waals surface area (Å²) in [5.74, 6) is -0.161. The Labute approximate surface area is 174 Å². The summed E-state index contributed by atoms with van der Waals surface area (Å²) in [7, 11) is 0. The molecule has 0 saturated carbocycles. The number of morpholine rings is 1. The standard InChI is InChI=1S/C19H21ClN4O3S/c1-13(25)21-14-2-5-16(6-3-14)24(28)19(26)22-15-4-7-18(17(20)12-15)23-8-10-27-11-9-23/h2-7,12,28H,8-11H2,1H3,(H,21,25)(H,22,26). The van der Waals surface area contributed by atoms with Crippen molar-refractivity contribution in [2.45, 2.75) is 6.92 Å². The minimum absolute atomic E-state index is 0.161. The van der Waals surface area contributed by atoms with Crippen LogP contribution in [-0.2, 0) is 9.53 Å². The highest BCUT2D eigenvalue weighted by Gasteiger charge is 2.16. The van der Waals surface area contributed by atoms with E-state index < -0.39 is 6.03 Å². The van der Waals surface area contributed by atoms with Gasteiger partial charge in [-0.25, -0.2) is 9.10 Å². The number of carbonyl (C=O) groups excluding carboxylic acids is 2. The third kappa shape index (κ3) is 5.09. The molecule has 9 heteroatoms. The fourth-order valence-electron chi connectivity index (χ4n) is 2.83. The largest absolute Gasteiger partial charge is 0.378 e. The van der Waals surface area contributed by atoms with Crippen LogP contribution in [0.4, 0.5) is 27.5 Å². The molecule has 3 rings (SSSR count). The molecule has 2 aromatic carbocycles. The maximum atomic E-state index is 12.5. The monoisotopic (exact) mass is 420 g/mol. The number of rotatable bonds is 4. The van der Waals surface area contributed by atoms with Gasteiger partial charge in [0.1, 0.15) is 0 Å². The Kier molecular flexibility index (Phi) is 6.66. The van der Waals surface area contributed by atoms with Crippen LogP contribution in [0.25, 0.3) is 0 Å². The molecule has 0 atom stereocenters. The maximum Gasteiger partial charge on any atom is 0.336 e. The summed E-state index contributed by atoms with van der Waals surface area (Å²) in [4.78, 5) is 25.7. The zero-order chi connectivity index (χ0) is 20.1. The molecule has 1 heterocycles. The van der Waals surface area contributed by atoms with Crippen molar-refractivity contribution in [2.75, 3.05) is 46.1 Å². The van der Waals surface area contributed by atoms with Gasteiger partial charge in [-0.1, -0.05) is 24.4 Å². The van der Waals surface area contributed by atoms with Gasteiger partial charge in [0.25, 0.3) is 0 Å². The van der Waals surface area contributed by atoms with Crippen LogP contribution >= 0.6 is 24.4 Å². The van der Waals surface area contributed by atoms with Gasteiger partial charge in [0.05, 0.1) is 29.6 Å². The minimum atomic E-state index is -0.425. The van der Waals surface area contributed by atoms with Crippen LogP contribution in [0.1, 0.15) is 6.92 Å². The number of amides is 3. The molecule has 3 amide bonds. The van der Waals surface area contributed by atoms with Crippen molar-refractivity contribution in [3.05, 3.63) is 47.5 Å². The molecule has 0 unspecified atom stereocenters. The van der Waals surface area contributed by atoms with Crippen LogP contribution in [0.5, 0.6) is 0 Å².